The van der Waals surface area contributed by atoms with E-state index in [0.717, 1.165) is 5.75 Å². The first-order valence-electron chi connectivity index (χ1n) is 13.2. The van der Waals surface area contributed by atoms with Gasteiger partial charge < -0.3 is 0 Å². The van der Waals surface area contributed by atoms with E-state index in [1.807, 2.05) is 0 Å². The molecular weight excluding hydrogens is 559 g/mol. The van der Waals surface area contributed by atoms with E-state index in [4.69, 9.17) is 3.32 Å². The van der Waals surface area contributed by atoms with Crippen molar-refractivity contribution >= 4 is 43.2 Å². The van der Waals surface area contributed by atoms with Crippen LogP contribution >= 0.6 is 24.8 Å². The van der Waals surface area contributed by atoms with Crippen LogP contribution in [0.25, 0.3) is 21.9 Å². The molecule has 1 aliphatic rings. The Bertz CT molecular complexity index is 1510. The summed E-state index contributed by atoms with van der Waals surface area (Å²) in [6.07, 6.45) is 0. The molecule has 0 amide bonds. The maximum Gasteiger partial charge on any atom is -0.147 e. The summed E-state index contributed by atoms with van der Waals surface area (Å²) in [5.41, 5.74) is 8.70. The monoisotopic (exact) mass is 600 g/mol. The number of rotatable bonds is 3. The maximum atomic E-state index is 7.19. The molecule has 0 radical (unpaired) electrons. The Morgan fingerprint density at radius 1 is 0.632 bits per heavy atom. The van der Waals surface area contributed by atoms with Gasteiger partial charge in [0.1, 0.15) is 0 Å². The predicted molar refractivity (Wildman–Crippen MR) is 170 cm³/mol. The first-order valence-corrected chi connectivity index (χ1v) is 21.9. The normalized spacial score (nSPS) is 13.8. The van der Waals surface area contributed by atoms with E-state index in [1.165, 1.54) is 44.2 Å². The zero-order valence-electron chi connectivity index (χ0n) is 24.0. The summed E-state index contributed by atoms with van der Waals surface area (Å²) in [6, 6.07) is 29.6. The Morgan fingerprint density at radius 2 is 1.11 bits per heavy atom. The number of hydrogen-bond acceptors (Lipinski definition) is 1. The minimum atomic E-state index is -3.56. The second-order valence-corrected chi connectivity index (χ2v) is 32.0. The standard InChI is InChI=1S/C21H25.C10H8O.2CH3.2ClH.H2Si.Ti/c1-20(2,3)16-9-7-14-11-15-8-10-17(21(4,5)6)13-19(15)18(14)12-16;11-10-6-5-8-3-1-2-4-9(8)7-10;;;;;;/h7-13H,1-6H3;1-7,11H;2*1H3;2*1H;1H2;/q;;;;;;;+1/p-1. The van der Waals surface area contributed by atoms with E-state index < -0.39 is 14.4 Å². The molecular formula is C33H42Cl2OSiTi. The van der Waals surface area contributed by atoms with Crippen LogP contribution in [0.5, 0.6) is 5.75 Å². The Hall–Kier alpha value is -1.55. The van der Waals surface area contributed by atoms with Gasteiger partial charge in [0.15, 0.2) is 0 Å². The minimum Gasteiger partial charge on any atom is -0.147 e. The number of hydrogen-bond donors (Lipinski definition) is 0. The first kappa shape index (κ1) is 31.0. The second kappa shape index (κ2) is 10.1. The molecule has 0 heterocycles. The van der Waals surface area contributed by atoms with Crippen LogP contribution in [0.1, 0.15) is 68.0 Å². The summed E-state index contributed by atoms with van der Waals surface area (Å²) in [5, 5.41) is 7.41. The summed E-state index contributed by atoms with van der Waals surface area (Å²) in [5.74, 6) is 0.998. The molecule has 0 saturated heterocycles. The van der Waals surface area contributed by atoms with Crippen molar-refractivity contribution in [2.24, 2.45) is 0 Å². The smallest absolute Gasteiger partial charge is 0.147 e. The van der Waals surface area contributed by atoms with Crippen molar-refractivity contribution in [3.63, 3.8) is 0 Å². The van der Waals surface area contributed by atoms with E-state index in [0.29, 0.717) is 4.22 Å². The molecule has 0 atom stereocenters. The zero-order chi connectivity index (χ0) is 26.1. The zero-order valence-corrected chi connectivity index (χ0v) is 28.6. The molecule has 202 valence electrons. The quantitative estimate of drug-likeness (QED) is 0.213. The summed E-state index contributed by atoms with van der Waals surface area (Å²) < 4.78 is 7.50. The van der Waals surface area contributed by atoms with Crippen molar-refractivity contribution in [2.45, 2.75) is 67.1 Å². The van der Waals surface area contributed by atoms with Gasteiger partial charge in [0.2, 0.25) is 0 Å². The van der Waals surface area contributed by atoms with Gasteiger partial charge in [0.05, 0.1) is 0 Å². The molecule has 5 heteroatoms. The van der Waals surface area contributed by atoms with Gasteiger partial charge in [0.25, 0.3) is 0 Å². The summed E-state index contributed by atoms with van der Waals surface area (Å²) in [6.45, 7) is 13.8. The van der Waals surface area contributed by atoms with Crippen molar-refractivity contribution in [2.75, 3.05) is 0 Å². The van der Waals surface area contributed by atoms with Gasteiger partial charge in [0, 0.05) is 0 Å². The molecule has 0 bridgehead atoms. The Balaban J connectivity index is 0.00000200. The van der Waals surface area contributed by atoms with Crippen LogP contribution in [0.4, 0.5) is 0 Å². The van der Waals surface area contributed by atoms with Crippen LogP contribution < -0.4 is 3.32 Å². The molecule has 0 fully saturated rings. The summed E-state index contributed by atoms with van der Waals surface area (Å²) in [7, 11) is 2.17. The molecule has 4 aromatic carbocycles. The molecule has 0 aliphatic heterocycles. The number of fused-ring (bicyclic) bond motifs is 4. The molecule has 38 heavy (non-hydrogen) atoms. The van der Waals surface area contributed by atoms with Crippen LogP contribution in [0, 0.1) is 0 Å². The molecule has 0 N–H and O–H groups in total. The van der Waals surface area contributed by atoms with E-state index in [-0.39, 0.29) is 35.6 Å². The SMILES string of the molecule is CC(C)(C)c1ccc2c(c1)-c1cc(C(C)(C)C)ccc1[CH]2[Ti]([CH3])([CH3])(=[SiH2])[O]c1ccc2ccccc2c1.Cl.Cl. The van der Waals surface area contributed by atoms with E-state index in [2.05, 4.69) is 138 Å². The summed E-state index contributed by atoms with van der Waals surface area (Å²) in [4.78, 5) is 0. The molecule has 4 aromatic rings. The molecule has 0 spiro atoms. The fraction of sp³-hybridized carbons (Fsp3) is 0.333. The van der Waals surface area contributed by atoms with Gasteiger partial charge >= 0.3 is 221 Å². The van der Waals surface area contributed by atoms with E-state index in [1.54, 1.807) is 0 Å². The van der Waals surface area contributed by atoms with Gasteiger partial charge in [-0.1, -0.05) is 0 Å². The molecule has 1 aliphatic carbocycles. The Morgan fingerprint density at radius 3 is 1.58 bits per heavy atom. The van der Waals surface area contributed by atoms with Crippen molar-refractivity contribution in [3.05, 3.63) is 101 Å². The van der Waals surface area contributed by atoms with Gasteiger partial charge in [-0.3, -0.25) is 0 Å². The number of benzene rings is 4. The van der Waals surface area contributed by atoms with E-state index in [9.17, 15) is 0 Å². The Labute approximate surface area is 244 Å². The summed E-state index contributed by atoms with van der Waals surface area (Å²) >= 11 is -3.56. The van der Waals surface area contributed by atoms with Gasteiger partial charge in [-0.25, -0.2) is 0 Å². The Kier molecular flexibility index (Phi) is 8.26. The average molecular weight is 602 g/mol. The third-order valence-corrected chi connectivity index (χ3v) is 15.3. The minimum absolute atomic E-state index is 0. The van der Waals surface area contributed by atoms with Crippen molar-refractivity contribution in [1.29, 1.82) is 0 Å². The molecule has 5 rings (SSSR count). The topological polar surface area (TPSA) is 9.23 Å². The fourth-order valence-electron chi connectivity index (χ4n) is 5.83. The van der Waals surface area contributed by atoms with Crippen LogP contribution in [0.15, 0.2) is 78.9 Å². The van der Waals surface area contributed by atoms with E-state index >= 15 is 0 Å². The molecule has 0 saturated carbocycles. The predicted octanol–water partition coefficient (Wildman–Crippen LogP) is 9.68. The van der Waals surface area contributed by atoms with Crippen molar-refractivity contribution < 1.29 is 17.7 Å². The second-order valence-electron chi connectivity index (χ2n) is 13.8. The van der Waals surface area contributed by atoms with Crippen LogP contribution in [0.2, 0.25) is 10.5 Å². The van der Waals surface area contributed by atoms with Crippen LogP contribution in [0.3, 0.4) is 0 Å². The fourth-order valence-corrected chi connectivity index (χ4v) is 13.7. The van der Waals surface area contributed by atoms with Crippen molar-refractivity contribution in [1.82, 2.24) is 0 Å². The third kappa shape index (κ3) is 5.67. The van der Waals surface area contributed by atoms with Crippen LogP contribution in [-0.2, 0) is 25.3 Å². The average Bonchev–Trinajstić information content (AvgIpc) is 3.11. The first-order chi connectivity index (χ1) is 16.6. The molecule has 0 aromatic heterocycles. The van der Waals surface area contributed by atoms with Crippen LogP contribution in [-0.4, -0.2) is 7.63 Å². The maximum absolute atomic E-state index is 7.19. The number of halogens is 2. The van der Waals surface area contributed by atoms with Gasteiger partial charge in [-0.2, -0.15) is 0 Å². The van der Waals surface area contributed by atoms with Gasteiger partial charge in [-0.15, -0.1) is 24.8 Å². The molecule has 1 nitrogen and oxygen atoms in total. The van der Waals surface area contributed by atoms with Crippen molar-refractivity contribution in [3.8, 4) is 16.9 Å². The molecule has 0 unspecified atom stereocenters. The largest absolute Gasteiger partial charge is 0.147 e. The van der Waals surface area contributed by atoms with Gasteiger partial charge in [-0.05, 0) is 0 Å². The third-order valence-electron chi connectivity index (χ3n) is 7.82.